The number of aryl methyl sites for hydroxylation is 2. The molecule has 0 bridgehead atoms. The summed E-state index contributed by atoms with van der Waals surface area (Å²) in [7, 11) is 2.04. The Morgan fingerprint density at radius 1 is 1.24 bits per heavy atom. The molecule has 0 saturated carbocycles. The van der Waals surface area contributed by atoms with E-state index in [2.05, 4.69) is 63.6 Å². The van der Waals surface area contributed by atoms with Crippen LogP contribution in [0.25, 0.3) is 0 Å². The third kappa shape index (κ3) is 2.85. The highest BCUT2D eigenvalue weighted by atomic mass is 32.1. The molecule has 0 spiro atoms. The third-order valence-corrected chi connectivity index (χ3v) is 4.58. The Balaban J connectivity index is 1.99. The van der Waals surface area contributed by atoms with E-state index in [1.54, 1.807) is 11.3 Å². The van der Waals surface area contributed by atoms with E-state index < -0.39 is 0 Å². The van der Waals surface area contributed by atoms with Crippen molar-refractivity contribution >= 4 is 17.0 Å². The number of para-hydroxylation sites is 1. The minimum atomic E-state index is 0.0812. The van der Waals surface area contributed by atoms with Crippen molar-refractivity contribution < 1.29 is 0 Å². The minimum absolute atomic E-state index is 0.0812. The van der Waals surface area contributed by atoms with Gasteiger partial charge in [0, 0.05) is 30.0 Å². The molecule has 0 fully saturated rings. The standard InChI is InChI=1S/C17H19N3S/c1-3-13-7-4-5-8-14(13)19-16(15-9-6-12-21-15)17-18-10-11-20(17)2/h4-12,16,19H,3H2,1-2H3. The smallest absolute Gasteiger partial charge is 0.136 e. The molecule has 0 radical (unpaired) electrons. The van der Waals surface area contributed by atoms with Gasteiger partial charge < -0.3 is 9.88 Å². The van der Waals surface area contributed by atoms with Gasteiger partial charge in [0.2, 0.25) is 0 Å². The molecule has 3 nitrogen and oxygen atoms in total. The van der Waals surface area contributed by atoms with E-state index in [1.165, 1.54) is 16.1 Å². The summed E-state index contributed by atoms with van der Waals surface area (Å²) >= 11 is 1.75. The molecule has 108 valence electrons. The predicted octanol–water partition coefficient (Wildman–Crippen LogP) is 4.25. The van der Waals surface area contributed by atoms with E-state index in [0.717, 1.165) is 12.2 Å². The summed E-state index contributed by atoms with van der Waals surface area (Å²) in [5, 5.41) is 5.78. The monoisotopic (exact) mass is 297 g/mol. The van der Waals surface area contributed by atoms with Gasteiger partial charge in [-0.1, -0.05) is 31.2 Å². The second kappa shape index (κ2) is 6.14. The normalized spacial score (nSPS) is 12.3. The first-order valence-electron chi connectivity index (χ1n) is 7.14. The zero-order valence-electron chi connectivity index (χ0n) is 12.3. The highest BCUT2D eigenvalue weighted by molar-refractivity contribution is 7.10. The van der Waals surface area contributed by atoms with Crippen LogP contribution < -0.4 is 5.32 Å². The minimum Gasteiger partial charge on any atom is -0.371 e. The van der Waals surface area contributed by atoms with Crippen LogP contribution in [0.3, 0.4) is 0 Å². The Hall–Kier alpha value is -2.07. The predicted molar refractivity (Wildman–Crippen MR) is 88.8 cm³/mol. The molecule has 4 heteroatoms. The molecule has 0 saturated heterocycles. The summed E-state index contributed by atoms with van der Waals surface area (Å²) in [5.74, 6) is 1.03. The Morgan fingerprint density at radius 2 is 2.10 bits per heavy atom. The number of hydrogen-bond acceptors (Lipinski definition) is 3. The van der Waals surface area contributed by atoms with Gasteiger partial charge in [0.15, 0.2) is 0 Å². The number of hydrogen-bond donors (Lipinski definition) is 1. The van der Waals surface area contributed by atoms with E-state index in [0.29, 0.717) is 0 Å². The second-order valence-corrected chi connectivity index (χ2v) is 5.98. The molecule has 0 aliphatic heterocycles. The average Bonchev–Trinajstić information content (AvgIpc) is 3.17. The number of anilines is 1. The molecular weight excluding hydrogens is 278 g/mol. The summed E-state index contributed by atoms with van der Waals surface area (Å²) in [6.07, 6.45) is 4.85. The lowest BCUT2D eigenvalue weighted by Crippen LogP contribution is -2.16. The Bertz CT molecular complexity index is 700. The van der Waals surface area contributed by atoms with Crippen molar-refractivity contribution in [2.75, 3.05) is 5.32 Å². The van der Waals surface area contributed by atoms with Crippen LogP contribution in [0.4, 0.5) is 5.69 Å². The summed E-state index contributed by atoms with van der Waals surface area (Å²) in [6.45, 7) is 2.18. The first kappa shape index (κ1) is 13.9. The Kier molecular flexibility index (Phi) is 4.06. The molecule has 3 aromatic rings. The number of thiophene rings is 1. The van der Waals surface area contributed by atoms with Crippen molar-refractivity contribution in [3.8, 4) is 0 Å². The van der Waals surface area contributed by atoms with Crippen LogP contribution in [0.2, 0.25) is 0 Å². The maximum atomic E-state index is 4.53. The van der Waals surface area contributed by atoms with Crippen LogP contribution in [0, 0.1) is 0 Å². The Morgan fingerprint density at radius 3 is 2.76 bits per heavy atom. The number of rotatable bonds is 5. The van der Waals surface area contributed by atoms with Crippen molar-refractivity contribution in [1.82, 2.24) is 9.55 Å². The number of nitrogens with zero attached hydrogens (tertiary/aromatic N) is 2. The van der Waals surface area contributed by atoms with Gasteiger partial charge in [0.1, 0.15) is 11.9 Å². The highest BCUT2D eigenvalue weighted by Crippen LogP contribution is 2.30. The zero-order chi connectivity index (χ0) is 14.7. The van der Waals surface area contributed by atoms with Crippen molar-refractivity contribution in [2.45, 2.75) is 19.4 Å². The van der Waals surface area contributed by atoms with Crippen LogP contribution in [0.1, 0.15) is 29.2 Å². The molecule has 1 N–H and O–H groups in total. The van der Waals surface area contributed by atoms with E-state index in [4.69, 9.17) is 0 Å². The maximum Gasteiger partial charge on any atom is 0.136 e. The van der Waals surface area contributed by atoms with Gasteiger partial charge in [-0.25, -0.2) is 4.98 Å². The number of benzene rings is 1. The summed E-state index contributed by atoms with van der Waals surface area (Å²) in [5.41, 5.74) is 2.51. The summed E-state index contributed by atoms with van der Waals surface area (Å²) < 4.78 is 2.08. The molecule has 1 atom stereocenters. The fraction of sp³-hybridized carbons (Fsp3) is 0.235. The lowest BCUT2D eigenvalue weighted by molar-refractivity contribution is 0.755. The SMILES string of the molecule is CCc1ccccc1NC(c1cccs1)c1nccn1C. The van der Waals surface area contributed by atoms with Gasteiger partial charge in [0.05, 0.1) is 0 Å². The maximum absolute atomic E-state index is 4.53. The molecule has 0 aliphatic rings. The quantitative estimate of drug-likeness (QED) is 0.763. The fourth-order valence-electron chi connectivity index (χ4n) is 2.50. The van der Waals surface area contributed by atoms with Gasteiger partial charge >= 0.3 is 0 Å². The number of aromatic nitrogens is 2. The number of nitrogens with one attached hydrogen (secondary N) is 1. The molecule has 1 unspecified atom stereocenters. The number of imidazole rings is 1. The lowest BCUT2D eigenvalue weighted by Gasteiger charge is -2.20. The van der Waals surface area contributed by atoms with Crippen LogP contribution in [-0.2, 0) is 13.5 Å². The molecule has 1 aromatic carbocycles. The van der Waals surface area contributed by atoms with Crippen molar-refractivity contribution in [3.05, 3.63) is 70.4 Å². The summed E-state index contributed by atoms with van der Waals surface area (Å²) in [6, 6.07) is 12.8. The van der Waals surface area contributed by atoms with Gasteiger partial charge in [-0.05, 0) is 29.5 Å². The van der Waals surface area contributed by atoms with E-state index in [1.807, 2.05) is 19.4 Å². The molecule has 0 aliphatic carbocycles. The van der Waals surface area contributed by atoms with Crippen LogP contribution in [-0.4, -0.2) is 9.55 Å². The third-order valence-electron chi connectivity index (χ3n) is 3.64. The van der Waals surface area contributed by atoms with Crippen molar-refractivity contribution in [3.63, 3.8) is 0 Å². The summed E-state index contributed by atoms with van der Waals surface area (Å²) in [4.78, 5) is 5.80. The second-order valence-electron chi connectivity index (χ2n) is 5.00. The highest BCUT2D eigenvalue weighted by Gasteiger charge is 2.19. The van der Waals surface area contributed by atoms with Crippen molar-refractivity contribution in [2.24, 2.45) is 7.05 Å². The van der Waals surface area contributed by atoms with Gasteiger partial charge in [-0.15, -0.1) is 11.3 Å². The molecule has 2 aromatic heterocycles. The molecule has 2 heterocycles. The van der Waals surface area contributed by atoms with Gasteiger partial charge in [-0.3, -0.25) is 0 Å². The topological polar surface area (TPSA) is 29.9 Å². The van der Waals surface area contributed by atoms with E-state index >= 15 is 0 Å². The van der Waals surface area contributed by atoms with Crippen LogP contribution in [0.5, 0.6) is 0 Å². The van der Waals surface area contributed by atoms with E-state index in [9.17, 15) is 0 Å². The molecular formula is C17H19N3S. The van der Waals surface area contributed by atoms with Gasteiger partial charge in [0.25, 0.3) is 0 Å². The molecule has 3 rings (SSSR count). The molecule has 0 amide bonds. The van der Waals surface area contributed by atoms with Crippen LogP contribution in [0.15, 0.2) is 54.2 Å². The van der Waals surface area contributed by atoms with Gasteiger partial charge in [-0.2, -0.15) is 0 Å². The van der Waals surface area contributed by atoms with Crippen LogP contribution >= 0.6 is 11.3 Å². The van der Waals surface area contributed by atoms with E-state index in [-0.39, 0.29) is 6.04 Å². The first-order valence-corrected chi connectivity index (χ1v) is 8.02. The largest absolute Gasteiger partial charge is 0.371 e. The molecule has 21 heavy (non-hydrogen) atoms. The first-order chi connectivity index (χ1) is 10.3. The Labute approximate surface area is 129 Å². The fourth-order valence-corrected chi connectivity index (χ4v) is 3.27. The average molecular weight is 297 g/mol. The lowest BCUT2D eigenvalue weighted by atomic mass is 10.1. The zero-order valence-corrected chi connectivity index (χ0v) is 13.1. The van der Waals surface area contributed by atoms with Crippen molar-refractivity contribution in [1.29, 1.82) is 0 Å².